The highest BCUT2D eigenvalue weighted by atomic mass is 35.5. The van der Waals surface area contributed by atoms with Crippen molar-refractivity contribution < 1.29 is 4.79 Å². The van der Waals surface area contributed by atoms with Crippen LogP contribution in [0.1, 0.15) is 12.8 Å². The van der Waals surface area contributed by atoms with E-state index < -0.39 is 0 Å². The first-order valence-corrected chi connectivity index (χ1v) is 6.90. The van der Waals surface area contributed by atoms with Crippen LogP contribution in [0.25, 0.3) is 10.9 Å². The van der Waals surface area contributed by atoms with Gasteiger partial charge < -0.3 is 9.69 Å². The highest BCUT2D eigenvalue weighted by Gasteiger charge is 2.20. The third-order valence-electron chi connectivity index (χ3n) is 3.67. The van der Waals surface area contributed by atoms with Crippen molar-refractivity contribution in [2.24, 2.45) is 5.92 Å². The van der Waals surface area contributed by atoms with Crippen LogP contribution in [0.5, 0.6) is 0 Å². The lowest BCUT2D eigenvalue weighted by Crippen LogP contribution is -2.36. The topological polar surface area (TPSA) is 33.2 Å². The van der Waals surface area contributed by atoms with E-state index in [1.807, 2.05) is 24.3 Å². The molecule has 2 aromatic rings. The van der Waals surface area contributed by atoms with Gasteiger partial charge in [-0.15, -0.1) is 0 Å². The van der Waals surface area contributed by atoms with Crippen LogP contribution in [0.2, 0.25) is 5.02 Å². The third kappa shape index (κ3) is 2.43. The second kappa shape index (κ2) is 5.17. The van der Waals surface area contributed by atoms with E-state index in [-0.39, 0.29) is 5.92 Å². The molecule has 3 rings (SSSR count). The molecule has 0 radical (unpaired) electrons. The van der Waals surface area contributed by atoms with Gasteiger partial charge in [0.2, 0.25) is 0 Å². The van der Waals surface area contributed by atoms with Crippen LogP contribution in [-0.4, -0.2) is 24.4 Å². The van der Waals surface area contributed by atoms with Crippen molar-refractivity contribution >= 4 is 34.5 Å². The number of rotatable bonds is 2. The van der Waals surface area contributed by atoms with Gasteiger partial charge in [0.1, 0.15) is 6.29 Å². The molecule has 3 nitrogen and oxygen atoms in total. The first kappa shape index (κ1) is 12.4. The number of benzene rings is 1. The van der Waals surface area contributed by atoms with E-state index in [2.05, 4.69) is 9.88 Å². The Labute approximate surface area is 117 Å². The molecule has 0 aliphatic carbocycles. The quantitative estimate of drug-likeness (QED) is 0.788. The van der Waals surface area contributed by atoms with Gasteiger partial charge in [0.25, 0.3) is 0 Å². The zero-order chi connectivity index (χ0) is 13.2. The number of aromatic nitrogens is 1. The van der Waals surface area contributed by atoms with E-state index in [0.717, 1.165) is 48.8 Å². The van der Waals surface area contributed by atoms with Crippen LogP contribution in [0.15, 0.2) is 30.5 Å². The van der Waals surface area contributed by atoms with Gasteiger partial charge in [-0.2, -0.15) is 0 Å². The van der Waals surface area contributed by atoms with Gasteiger partial charge in [-0.3, -0.25) is 4.98 Å². The highest BCUT2D eigenvalue weighted by Crippen LogP contribution is 2.30. The standard InChI is InChI=1S/C15H15ClN2O/c16-12-3-4-13-14(8-12)17-6-5-15(13)18-7-1-2-11(9-18)10-19/h3-6,8,10-11H,1-2,7,9H2. The molecule has 1 unspecified atom stereocenters. The van der Waals surface area contributed by atoms with E-state index in [4.69, 9.17) is 11.6 Å². The Morgan fingerprint density at radius 1 is 1.37 bits per heavy atom. The summed E-state index contributed by atoms with van der Waals surface area (Å²) < 4.78 is 0. The molecule has 19 heavy (non-hydrogen) atoms. The van der Waals surface area contributed by atoms with Crippen molar-refractivity contribution in [3.63, 3.8) is 0 Å². The van der Waals surface area contributed by atoms with Crippen LogP contribution in [0, 0.1) is 5.92 Å². The van der Waals surface area contributed by atoms with Gasteiger partial charge in [0.15, 0.2) is 0 Å². The van der Waals surface area contributed by atoms with Gasteiger partial charge in [0.05, 0.1) is 5.52 Å². The van der Waals surface area contributed by atoms with Crippen molar-refractivity contribution in [1.82, 2.24) is 4.98 Å². The number of carbonyl (C=O) groups excluding carboxylic acids is 1. The van der Waals surface area contributed by atoms with Crippen molar-refractivity contribution in [3.05, 3.63) is 35.5 Å². The molecular weight excluding hydrogens is 260 g/mol. The van der Waals surface area contributed by atoms with Crippen molar-refractivity contribution in [1.29, 1.82) is 0 Å². The highest BCUT2D eigenvalue weighted by molar-refractivity contribution is 6.31. The summed E-state index contributed by atoms with van der Waals surface area (Å²) in [7, 11) is 0. The summed E-state index contributed by atoms with van der Waals surface area (Å²) in [6.07, 6.45) is 4.93. The van der Waals surface area contributed by atoms with Gasteiger partial charge in [-0.1, -0.05) is 11.6 Å². The first-order chi connectivity index (χ1) is 9.28. The fourth-order valence-electron chi connectivity index (χ4n) is 2.72. The number of carbonyl (C=O) groups is 1. The summed E-state index contributed by atoms with van der Waals surface area (Å²) in [5, 5.41) is 1.79. The monoisotopic (exact) mass is 274 g/mol. The Hall–Kier alpha value is -1.61. The minimum atomic E-state index is 0.143. The van der Waals surface area contributed by atoms with E-state index in [0.29, 0.717) is 5.02 Å². The minimum absolute atomic E-state index is 0.143. The lowest BCUT2D eigenvalue weighted by Gasteiger charge is -2.32. The molecule has 98 valence electrons. The zero-order valence-corrected chi connectivity index (χ0v) is 11.3. The summed E-state index contributed by atoms with van der Waals surface area (Å²) in [5.74, 6) is 0.143. The van der Waals surface area contributed by atoms with Crippen molar-refractivity contribution in [2.45, 2.75) is 12.8 Å². The van der Waals surface area contributed by atoms with Gasteiger partial charge in [-0.05, 0) is 37.1 Å². The lowest BCUT2D eigenvalue weighted by molar-refractivity contribution is -0.111. The smallest absolute Gasteiger partial charge is 0.124 e. The van der Waals surface area contributed by atoms with Crippen LogP contribution in [0.3, 0.4) is 0 Å². The largest absolute Gasteiger partial charge is 0.370 e. The molecule has 2 heterocycles. The summed E-state index contributed by atoms with van der Waals surface area (Å²) in [6, 6.07) is 7.78. The number of anilines is 1. The number of nitrogens with zero attached hydrogens (tertiary/aromatic N) is 2. The van der Waals surface area contributed by atoms with Crippen LogP contribution >= 0.6 is 11.6 Å². The molecule has 1 aromatic carbocycles. The molecule has 0 saturated carbocycles. The van der Waals surface area contributed by atoms with Crippen LogP contribution in [-0.2, 0) is 4.79 Å². The molecule has 1 aliphatic rings. The minimum Gasteiger partial charge on any atom is -0.370 e. The lowest BCUT2D eigenvalue weighted by atomic mass is 9.98. The van der Waals surface area contributed by atoms with Crippen molar-refractivity contribution in [3.8, 4) is 0 Å². The number of hydrogen-bond acceptors (Lipinski definition) is 3. The van der Waals surface area contributed by atoms with Crippen molar-refractivity contribution in [2.75, 3.05) is 18.0 Å². The molecule has 0 N–H and O–H groups in total. The predicted molar refractivity (Wildman–Crippen MR) is 77.8 cm³/mol. The number of aldehydes is 1. The molecule has 1 fully saturated rings. The van der Waals surface area contributed by atoms with E-state index in [9.17, 15) is 4.79 Å². The first-order valence-electron chi connectivity index (χ1n) is 6.52. The normalized spacial score (nSPS) is 19.6. The maximum atomic E-state index is 11.0. The predicted octanol–water partition coefficient (Wildman–Crippen LogP) is 3.30. The fraction of sp³-hybridized carbons (Fsp3) is 0.333. The summed E-state index contributed by atoms with van der Waals surface area (Å²) in [5.41, 5.74) is 2.05. The molecule has 1 saturated heterocycles. The average Bonchev–Trinajstić information content (AvgIpc) is 2.46. The number of pyridine rings is 1. The number of fused-ring (bicyclic) bond motifs is 1. The molecule has 4 heteroatoms. The third-order valence-corrected chi connectivity index (χ3v) is 3.91. The van der Waals surface area contributed by atoms with Crippen LogP contribution in [0.4, 0.5) is 5.69 Å². The number of hydrogen-bond donors (Lipinski definition) is 0. The Balaban J connectivity index is 2.02. The fourth-order valence-corrected chi connectivity index (χ4v) is 2.89. The molecule has 0 amide bonds. The van der Waals surface area contributed by atoms with Gasteiger partial charge >= 0.3 is 0 Å². The Bertz CT molecular complexity index is 614. The Morgan fingerprint density at radius 2 is 2.26 bits per heavy atom. The number of piperidine rings is 1. The molecule has 0 bridgehead atoms. The van der Waals surface area contributed by atoms with E-state index in [1.54, 1.807) is 6.20 Å². The van der Waals surface area contributed by atoms with Crippen LogP contribution < -0.4 is 4.90 Å². The summed E-state index contributed by atoms with van der Waals surface area (Å²) in [6.45, 7) is 1.79. The Kier molecular flexibility index (Phi) is 3.38. The maximum Gasteiger partial charge on any atom is 0.124 e. The van der Waals surface area contributed by atoms with Gasteiger partial charge in [0, 0.05) is 41.3 Å². The maximum absolute atomic E-state index is 11.0. The molecular formula is C15H15ClN2O. The second-order valence-corrected chi connectivity index (χ2v) is 5.41. The van der Waals surface area contributed by atoms with Gasteiger partial charge in [-0.25, -0.2) is 0 Å². The van der Waals surface area contributed by atoms with E-state index in [1.165, 1.54) is 0 Å². The molecule has 1 atom stereocenters. The zero-order valence-electron chi connectivity index (χ0n) is 10.6. The second-order valence-electron chi connectivity index (χ2n) is 4.98. The Morgan fingerprint density at radius 3 is 3.11 bits per heavy atom. The SMILES string of the molecule is O=CC1CCCN(c2ccnc3cc(Cl)ccc23)C1. The van der Waals surface area contributed by atoms with E-state index >= 15 is 0 Å². The average molecular weight is 275 g/mol. The molecule has 0 spiro atoms. The molecule has 1 aliphatic heterocycles. The molecule has 1 aromatic heterocycles. The summed E-state index contributed by atoms with van der Waals surface area (Å²) in [4.78, 5) is 17.6. The summed E-state index contributed by atoms with van der Waals surface area (Å²) >= 11 is 6.00. The number of halogens is 1.